The van der Waals surface area contributed by atoms with Crippen molar-refractivity contribution < 1.29 is 54.7 Å². The zero-order valence-electron chi connectivity index (χ0n) is 4.37. The molecule has 0 fully saturated rings. The Bertz CT molecular complexity index is 14.0. The van der Waals surface area contributed by atoms with Crippen molar-refractivity contribution in [1.82, 2.24) is 0 Å². The molecule has 0 atom stereocenters. The fourth-order valence-electron chi connectivity index (χ4n) is 0. The molecular formula is CH4Ca2Cl4O. The standard InChI is InChI=1S/CH4O.2Ca.4ClH/c1-2;;;;;;/h2H,1H3;;;4*1H/q;2*+2;;;;/p-4. The van der Waals surface area contributed by atoms with E-state index in [-0.39, 0.29) is 125 Å². The van der Waals surface area contributed by atoms with Gasteiger partial charge in [-0.15, -0.1) is 0 Å². The van der Waals surface area contributed by atoms with Gasteiger partial charge in [-0.3, -0.25) is 0 Å². The number of halogens is 4. The van der Waals surface area contributed by atoms with Crippen LogP contribution < -0.4 is 49.6 Å². The Balaban J connectivity index is -0.000000000333. The van der Waals surface area contributed by atoms with Crippen LogP contribution in [0.25, 0.3) is 0 Å². The van der Waals surface area contributed by atoms with Crippen molar-refractivity contribution >= 4 is 75.5 Å². The molecule has 0 saturated carbocycles. The number of hydrogen-bond acceptors (Lipinski definition) is 1. The average molecular weight is 254 g/mol. The SMILES string of the molecule is CO.[Ca+2].[Ca+2].[Cl-].[Cl-].[Cl-].[Cl-]. The Morgan fingerprint density at radius 3 is 0.625 bits per heavy atom. The van der Waals surface area contributed by atoms with Crippen molar-refractivity contribution in [3.63, 3.8) is 0 Å². The van der Waals surface area contributed by atoms with Gasteiger partial charge in [-0.2, -0.15) is 0 Å². The molecule has 0 aliphatic rings. The minimum absolute atomic E-state index is 0. The second-order valence-corrected chi connectivity index (χ2v) is 0. The van der Waals surface area contributed by atoms with E-state index < -0.39 is 0 Å². The number of hydrogen-bond donors (Lipinski definition) is 1. The Morgan fingerprint density at radius 1 is 0.625 bits per heavy atom. The van der Waals surface area contributed by atoms with Crippen LogP contribution in [-0.4, -0.2) is 87.7 Å². The van der Waals surface area contributed by atoms with E-state index in [1.165, 1.54) is 0 Å². The van der Waals surface area contributed by atoms with Gasteiger partial charge >= 0.3 is 75.5 Å². The van der Waals surface area contributed by atoms with Gasteiger partial charge in [0, 0.05) is 7.11 Å². The van der Waals surface area contributed by atoms with E-state index >= 15 is 0 Å². The molecule has 8 heavy (non-hydrogen) atoms. The maximum absolute atomic E-state index is 7.00. The maximum Gasteiger partial charge on any atom is 2.00 e. The van der Waals surface area contributed by atoms with Crippen molar-refractivity contribution in [2.75, 3.05) is 7.11 Å². The molecule has 0 aromatic rings. The van der Waals surface area contributed by atoms with E-state index in [9.17, 15) is 0 Å². The van der Waals surface area contributed by atoms with E-state index in [0.717, 1.165) is 7.11 Å². The van der Waals surface area contributed by atoms with Crippen LogP contribution in [0, 0.1) is 0 Å². The first kappa shape index (κ1) is 61.2. The summed E-state index contributed by atoms with van der Waals surface area (Å²) in [5, 5.41) is 7.00. The fraction of sp³-hybridized carbons (Fsp3) is 1.00. The summed E-state index contributed by atoms with van der Waals surface area (Å²) < 4.78 is 0. The summed E-state index contributed by atoms with van der Waals surface area (Å²) in [5.41, 5.74) is 0. The Kier molecular flexibility index (Phi) is 571. The Hall–Kier alpha value is 3.64. The van der Waals surface area contributed by atoms with Gasteiger partial charge in [-0.1, -0.05) is 0 Å². The molecule has 0 amide bonds. The number of aliphatic hydroxyl groups excluding tert-OH is 1. The van der Waals surface area contributed by atoms with Gasteiger partial charge in [-0.25, -0.2) is 0 Å². The van der Waals surface area contributed by atoms with Crippen LogP contribution in [0.5, 0.6) is 0 Å². The van der Waals surface area contributed by atoms with Crippen LogP contribution in [-0.2, 0) is 0 Å². The summed E-state index contributed by atoms with van der Waals surface area (Å²) in [7, 11) is 1.00. The summed E-state index contributed by atoms with van der Waals surface area (Å²) in [6, 6.07) is 0. The fourth-order valence-corrected chi connectivity index (χ4v) is 0. The van der Waals surface area contributed by atoms with Crippen molar-refractivity contribution in [2.24, 2.45) is 0 Å². The largest absolute Gasteiger partial charge is 2.00 e. The normalized spacial score (nSPS) is 0.750. The summed E-state index contributed by atoms with van der Waals surface area (Å²) in [6.07, 6.45) is 0. The molecule has 0 aromatic heterocycles. The third-order valence-electron chi connectivity index (χ3n) is 0. The maximum atomic E-state index is 7.00. The second-order valence-electron chi connectivity index (χ2n) is 0. The minimum atomic E-state index is 0. The van der Waals surface area contributed by atoms with Gasteiger partial charge < -0.3 is 54.7 Å². The molecule has 0 spiro atoms. The summed E-state index contributed by atoms with van der Waals surface area (Å²) >= 11 is 0. The number of aliphatic hydroxyl groups is 1. The van der Waals surface area contributed by atoms with Gasteiger partial charge in [-0.05, 0) is 0 Å². The summed E-state index contributed by atoms with van der Waals surface area (Å²) in [4.78, 5) is 0. The predicted octanol–water partition coefficient (Wildman–Crippen LogP) is -13.1. The van der Waals surface area contributed by atoms with Crippen molar-refractivity contribution in [3.05, 3.63) is 0 Å². The van der Waals surface area contributed by atoms with Gasteiger partial charge in [0.15, 0.2) is 0 Å². The van der Waals surface area contributed by atoms with Gasteiger partial charge in [0.2, 0.25) is 0 Å². The van der Waals surface area contributed by atoms with E-state index in [0.29, 0.717) is 0 Å². The van der Waals surface area contributed by atoms with Crippen molar-refractivity contribution in [1.29, 1.82) is 0 Å². The molecule has 0 heterocycles. The first-order valence-electron chi connectivity index (χ1n) is 0.447. The summed E-state index contributed by atoms with van der Waals surface area (Å²) in [5.74, 6) is 0. The van der Waals surface area contributed by atoms with Crippen molar-refractivity contribution in [3.8, 4) is 0 Å². The smallest absolute Gasteiger partial charge is 1.00 e. The topological polar surface area (TPSA) is 20.2 Å². The molecule has 0 radical (unpaired) electrons. The van der Waals surface area contributed by atoms with E-state index in [2.05, 4.69) is 0 Å². The van der Waals surface area contributed by atoms with Crippen LogP contribution >= 0.6 is 0 Å². The van der Waals surface area contributed by atoms with Crippen LogP contribution in [0.15, 0.2) is 0 Å². The molecule has 7 heteroatoms. The van der Waals surface area contributed by atoms with Gasteiger partial charge in [0.1, 0.15) is 0 Å². The van der Waals surface area contributed by atoms with Gasteiger partial charge in [0.25, 0.3) is 0 Å². The molecule has 0 aliphatic carbocycles. The number of rotatable bonds is 0. The quantitative estimate of drug-likeness (QED) is 0.426. The molecule has 46 valence electrons. The molecule has 1 N–H and O–H groups in total. The predicted molar refractivity (Wildman–Crippen MR) is 19.7 cm³/mol. The molecule has 0 aromatic carbocycles. The summed E-state index contributed by atoms with van der Waals surface area (Å²) in [6.45, 7) is 0. The van der Waals surface area contributed by atoms with Crippen molar-refractivity contribution in [2.45, 2.75) is 0 Å². The molecule has 0 rings (SSSR count). The molecule has 0 aliphatic heterocycles. The third-order valence-corrected chi connectivity index (χ3v) is 0. The van der Waals surface area contributed by atoms with E-state index in [4.69, 9.17) is 5.11 Å². The zero-order valence-corrected chi connectivity index (χ0v) is 11.8. The first-order valence-corrected chi connectivity index (χ1v) is 0.447. The zero-order chi connectivity index (χ0) is 2.00. The Labute approximate surface area is 134 Å². The first-order chi connectivity index (χ1) is 1.00. The molecule has 0 saturated heterocycles. The van der Waals surface area contributed by atoms with Crippen LogP contribution in [0.3, 0.4) is 0 Å². The van der Waals surface area contributed by atoms with E-state index in [1.807, 2.05) is 0 Å². The average Bonchev–Trinajstić information content (AvgIpc) is 1.00. The minimum Gasteiger partial charge on any atom is -1.00 e. The van der Waals surface area contributed by atoms with Crippen LogP contribution in [0.2, 0.25) is 0 Å². The molecule has 1 nitrogen and oxygen atoms in total. The van der Waals surface area contributed by atoms with Gasteiger partial charge in [0.05, 0.1) is 0 Å². The monoisotopic (exact) mass is 252 g/mol. The molecular weight excluding hydrogens is 250 g/mol. The third kappa shape index (κ3) is 54.3. The second kappa shape index (κ2) is 74.6. The molecule has 0 bridgehead atoms. The van der Waals surface area contributed by atoms with Crippen LogP contribution in [0.1, 0.15) is 0 Å². The molecule has 0 unspecified atom stereocenters. The van der Waals surface area contributed by atoms with Crippen LogP contribution in [0.4, 0.5) is 0 Å². The van der Waals surface area contributed by atoms with E-state index in [1.54, 1.807) is 0 Å². The Morgan fingerprint density at radius 2 is 0.625 bits per heavy atom.